The molecule has 56 valence electrons. The maximum absolute atomic E-state index is 10.3. The van der Waals surface area contributed by atoms with Crippen molar-refractivity contribution in [3.63, 3.8) is 0 Å². The molecule has 0 saturated carbocycles. The molecule has 1 aromatic carbocycles. The van der Waals surface area contributed by atoms with Crippen molar-refractivity contribution >= 4 is 34.7 Å². The van der Waals surface area contributed by atoms with Crippen molar-refractivity contribution < 1.29 is 9.90 Å². The van der Waals surface area contributed by atoms with Crippen LogP contribution in [0.3, 0.4) is 0 Å². The monoisotopic (exact) mass is 163 g/mol. The number of benzene rings is 1. The van der Waals surface area contributed by atoms with E-state index in [1.165, 1.54) is 6.07 Å². The molecule has 0 heterocycles. The minimum Gasteiger partial charge on any atom is -0.478 e. The fourth-order valence-corrected chi connectivity index (χ4v) is 0.692. The van der Waals surface area contributed by atoms with Crippen LogP contribution in [0.15, 0.2) is 24.3 Å². The SMILES string of the molecule is Nc1ccccc1C(=O)O.[MgH2]. The summed E-state index contributed by atoms with van der Waals surface area (Å²) in [5.74, 6) is -0.988. The van der Waals surface area contributed by atoms with Gasteiger partial charge in [0.05, 0.1) is 5.56 Å². The van der Waals surface area contributed by atoms with Gasteiger partial charge in [0.2, 0.25) is 0 Å². The van der Waals surface area contributed by atoms with Gasteiger partial charge in [-0.05, 0) is 12.1 Å². The molecule has 0 amide bonds. The highest BCUT2D eigenvalue weighted by molar-refractivity contribution is 5.93. The molecule has 0 aliphatic carbocycles. The Morgan fingerprint density at radius 2 is 1.91 bits per heavy atom. The van der Waals surface area contributed by atoms with Gasteiger partial charge in [-0.3, -0.25) is 0 Å². The van der Waals surface area contributed by atoms with Gasteiger partial charge >= 0.3 is 29.0 Å². The molecule has 0 radical (unpaired) electrons. The summed E-state index contributed by atoms with van der Waals surface area (Å²) in [5.41, 5.74) is 5.80. The average molecular weight is 163 g/mol. The van der Waals surface area contributed by atoms with Crippen LogP contribution in [-0.2, 0) is 0 Å². The van der Waals surface area contributed by atoms with Crippen LogP contribution >= 0.6 is 0 Å². The van der Waals surface area contributed by atoms with Crippen LogP contribution < -0.4 is 5.73 Å². The van der Waals surface area contributed by atoms with Crippen molar-refractivity contribution in [2.45, 2.75) is 0 Å². The zero-order valence-corrected chi connectivity index (χ0v) is 5.24. The first-order valence-electron chi connectivity index (χ1n) is 2.79. The molecule has 0 atom stereocenters. The third-order valence-corrected chi connectivity index (χ3v) is 1.19. The number of anilines is 1. The number of rotatable bonds is 1. The maximum Gasteiger partial charge on any atom is 0.337 e. The van der Waals surface area contributed by atoms with E-state index in [1.807, 2.05) is 0 Å². The van der Waals surface area contributed by atoms with E-state index in [2.05, 4.69) is 0 Å². The van der Waals surface area contributed by atoms with Crippen LogP contribution in [0.4, 0.5) is 5.69 Å². The second kappa shape index (κ2) is 4.20. The Labute approximate surface area is 80.4 Å². The lowest BCUT2D eigenvalue weighted by molar-refractivity contribution is 0.0698. The fraction of sp³-hybridized carbons (Fsp3) is 0. The summed E-state index contributed by atoms with van der Waals surface area (Å²) < 4.78 is 0. The van der Waals surface area contributed by atoms with E-state index >= 15 is 0 Å². The second-order valence-corrected chi connectivity index (χ2v) is 1.89. The standard InChI is InChI=1S/C7H7NO2.Mg.2H/c8-6-4-2-1-3-5(6)7(9)10;;;/h1-4H,8H2,(H,9,10);;;. The molecule has 1 rings (SSSR count). The summed E-state index contributed by atoms with van der Waals surface area (Å²) in [4.78, 5) is 10.3. The number of carboxylic acid groups (broad SMARTS) is 1. The summed E-state index contributed by atoms with van der Waals surface area (Å²) in [6.45, 7) is 0. The molecule has 4 heteroatoms. The molecule has 0 aliphatic rings. The summed E-state index contributed by atoms with van der Waals surface area (Å²) in [7, 11) is 0. The van der Waals surface area contributed by atoms with Crippen LogP contribution in [0, 0.1) is 0 Å². The number of carbonyl (C=O) groups is 1. The number of nitrogen functional groups attached to an aromatic ring is 1. The number of nitrogens with two attached hydrogens (primary N) is 1. The highest BCUT2D eigenvalue weighted by atomic mass is 24.3. The molecular formula is C7H9MgNO2. The van der Waals surface area contributed by atoms with E-state index in [0.717, 1.165) is 0 Å². The van der Waals surface area contributed by atoms with Gasteiger partial charge in [-0.25, -0.2) is 4.79 Å². The van der Waals surface area contributed by atoms with E-state index in [4.69, 9.17) is 10.8 Å². The molecule has 0 aliphatic heterocycles. The van der Waals surface area contributed by atoms with Gasteiger partial charge in [0.25, 0.3) is 0 Å². The third kappa shape index (κ3) is 2.40. The van der Waals surface area contributed by atoms with Crippen molar-refractivity contribution in [2.75, 3.05) is 5.73 Å². The highest BCUT2D eigenvalue weighted by Crippen LogP contribution is 2.08. The summed E-state index contributed by atoms with van der Waals surface area (Å²) in [5, 5.41) is 8.49. The second-order valence-electron chi connectivity index (χ2n) is 1.89. The molecule has 0 aromatic heterocycles. The van der Waals surface area contributed by atoms with Crippen molar-refractivity contribution in [1.29, 1.82) is 0 Å². The first-order chi connectivity index (χ1) is 4.72. The molecule has 1 aromatic rings. The minimum atomic E-state index is -0.988. The van der Waals surface area contributed by atoms with E-state index in [1.54, 1.807) is 18.2 Å². The van der Waals surface area contributed by atoms with Crippen LogP contribution in [0.1, 0.15) is 10.4 Å². The normalized spacial score (nSPS) is 8.36. The third-order valence-electron chi connectivity index (χ3n) is 1.19. The van der Waals surface area contributed by atoms with Gasteiger partial charge in [0, 0.05) is 5.69 Å². The largest absolute Gasteiger partial charge is 0.478 e. The maximum atomic E-state index is 10.3. The molecular weight excluding hydrogens is 154 g/mol. The van der Waals surface area contributed by atoms with Gasteiger partial charge in [-0.2, -0.15) is 0 Å². The number of hydrogen-bond donors (Lipinski definition) is 2. The van der Waals surface area contributed by atoms with Gasteiger partial charge in [0.15, 0.2) is 0 Å². The van der Waals surface area contributed by atoms with Gasteiger partial charge in [-0.15, -0.1) is 0 Å². The predicted octanol–water partition coefficient (Wildman–Crippen LogP) is 0.0508. The molecule has 0 spiro atoms. The smallest absolute Gasteiger partial charge is 0.337 e. The molecule has 0 fully saturated rings. The van der Waals surface area contributed by atoms with Crippen LogP contribution in [-0.4, -0.2) is 34.1 Å². The van der Waals surface area contributed by atoms with Crippen molar-refractivity contribution in [3.8, 4) is 0 Å². The molecule has 3 N–H and O–H groups in total. The zero-order valence-electron chi connectivity index (χ0n) is 5.24. The first-order valence-corrected chi connectivity index (χ1v) is 2.79. The Morgan fingerprint density at radius 1 is 1.36 bits per heavy atom. The van der Waals surface area contributed by atoms with Gasteiger partial charge in [-0.1, -0.05) is 12.1 Å². The van der Waals surface area contributed by atoms with E-state index < -0.39 is 5.97 Å². The van der Waals surface area contributed by atoms with Crippen LogP contribution in [0.25, 0.3) is 0 Å². The summed E-state index contributed by atoms with van der Waals surface area (Å²) in [6.07, 6.45) is 0. The van der Waals surface area contributed by atoms with Gasteiger partial charge < -0.3 is 10.8 Å². The zero-order chi connectivity index (χ0) is 7.56. The molecule has 11 heavy (non-hydrogen) atoms. The number of para-hydroxylation sites is 1. The Hall–Kier alpha value is -0.744. The Kier molecular flexibility index (Phi) is 3.92. The lowest BCUT2D eigenvalue weighted by atomic mass is 10.2. The fourth-order valence-electron chi connectivity index (χ4n) is 0.692. The quantitative estimate of drug-likeness (QED) is 0.454. The molecule has 0 saturated heterocycles. The van der Waals surface area contributed by atoms with Crippen LogP contribution in [0.5, 0.6) is 0 Å². The Bertz CT molecular complexity index is 262. The molecule has 3 nitrogen and oxygen atoms in total. The van der Waals surface area contributed by atoms with Crippen molar-refractivity contribution in [3.05, 3.63) is 29.8 Å². The summed E-state index contributed by atoms with van der Waals surface area (Å²) in [6, 6.07) is 6.36. The average Bonchev–Trinajstić information content (AvgIpc) is 1.88. The van der Waals surface area contributed by atoms with E-state index in [9.17, 15) is 4.79 Å². The Morgan fingerprint density at radius 3 is 2.27 bits per heavy atom. The van der Waals surface area contributed by atoms with Crippen LogP contribution in [0.2, 0.25) is 0 Å². The molecule has 0 bridgehead atoms. The Balaban J connectivity index is 0.000001000. The molecule has 0 unspecified atom stereocenters. The van der Waals surface area contributed by atoms with E-state index in [0.29, 0.717) is 5.69 Å². The lowest BCUT2D eigenvalue weighted by Gasteiger charge is -1.96. The predicted molar refractivity (Wildman–Crippen MR) is 46.4 cm³/mol. The lowest BCUT2D eigenvalue weighted by Crippen LogP contribution is -2.00. The topological polar surface area (TPSA) is 63.3 Å². The minimum absolute atomic E-state index is 0. The number of carboxylic acids is 1. The number of hydrogen-bond acceptors (Lipinski definition) is 2. The first kappa shape index (κ1) is 10.3. The van der Waals surface area contributed by atoms with Gasteiger partial charge in [0.1, 0.15) is 0 Å². The van der Waals surface area contributed by atoms with Crippen molar-refractivity contribution in [1.82, 2.24) is 0 Å². The number of aromatic carboxylic acids is 1. The van der Waals surface area contributed by atoms with Crippen molar-refractivity contribution in [2.24, 2.45) is 0 Å². The highest BCUT2D eigenvalue weighted by Gasteiger charge is 2.03. The van der Waals surface area contributed by atoms with E-state index in [-0.39, 0.29) is 28.6 Å². The summed E-state index contributed by atoms with van der Waals surface area (Å²) >= 11 is 0.